The number of rotatable bonds is 7. The number of nitrogens with zero attached hydrogens (tertiary/aromatic N) is 1. The number of carboxylic acids is 1. The van der Waals surface area contributed by atoms with Crippen LogP contribution in [0.3, 0.4) is 0 Å². The van der Waals surface area contributed by atoms with Crippen LogP contribution < -0.4 is 5.32 Å². The van der Waals surface area contributed by atoms with Gasteiger partial charge in [0.05, 0.1) is 6.54 Å². The van der Waals surface area contributed by atoms with Crippen molar-refractivity contribution in [1.82, 2.24) is 10.2 Å². The lowest BCUT2D eigenvalue weighted by Crippen LogP contribution is -2.40. The summed E-state index contributed by atoms with van der Waals surface area (Å²) in [4.78, 5) is 24.1. The van der Waals surface area contributed by atoms with Crippen LogP contribution >= 0.6 is 0 Å². The Morgan fingerprint density at radius 1 is 1.35 bits per heavy atom. The molecule has 0 aromatic rings. The Hall–Kier alpha value is -1.10. The van der Waals surface area contributed by atoms with E-state index in [9.17, 15) is 9.59 Å². The first-order valence-electron chi connectivity index (χ1n) is 6.36. The lowest BCUT2D eigenvalue weighted by Gasteiger charge is -2.26. The first kappa shape index (κ1) is 14.0. The standard InChI is InChI=1S/C12H22N2O3/c1-2-13-11(15)7-8-14(9-12(16)17)10-5-3-4-6-10/h10H,2-9H2,1H3,(H,13,15)(H,16,17). The van der Waals surface area contributed by atoms with Gasteiger partial charge in [0.15, 0.2) is 0 Å². The van der Waals surface area contributed by atoms with E-state index in [1.165, 1.54) is 12.8 Å². The van der Waals surface area contributed by atoms with Gasteiger partial charge in [-0.25, -0.2) is 0 Å². The smallest absolute Gasteiger partial charge is 0.317 e. The molecular weight excluding hydrogens is 220 g/mol. The van der Waals surface area contributed by atoms with E-state index in [1.54, 1.807) is 0 Å². The highest BCUT2D eigenvalue weighted by molar-refractivity contribution is 5.76. The van der Waals surface area contributed by atoms with Crippen molar-refractivity contribution in [3.8, 4) is 0 Å². The van der Waals surface area contributed by atoms with Crippen molar-refractivity contribution in [2.75, 3.05) is 19.6 Å². The molecule has 0 atom stereocenters. The minimum atomic E-state index is -0.812. The highest BCUT2D eigenvalue weighted by Gasteiger charge is 2.24. The lowest BCUT2D eigenvalue weighted by atomic mass is 10.2. The second kappa shape index (κ2) is 7.27. The largest absolute Gasteiger partial charge is 0.480 e. The van der Waals surface area contributed by atoms with E-state index < -0.39 is 5.97 Å². The van der Waals surface area contributed by atoms with Crippen LogP contribution in [0.25, 0.3) is 0 Å². The Morgan fingerprint density at radius 3 is 2.53 bits per heavy atom. The van der Waals surface area contributed by atoms with E-state index >= 15 is 0 Å². The number of hydrogen-bond donors (Lipinski definition) is 2. The summed E-state index contributed by atoms with van der Waals surface area (Å²) < 4.78 is 0. The minimum Gasteiger partial charge on any atom is -0.480 e. The Bertz CT molecular complexity index is 262. The van der Waals surface area contributed by atoms with Gasteiger partial charge in [-0.2, -0.15) is 0 Å². The molecule has 1 rings (SSSR count). The molecule has 1 aliphatic rings. The average Bonchev–Trinajstić information content (AvgIpc) is 2.77. The van der Waals surface area contributed by atoms with E-state index in [0.29, 0.717) is 25.6 Å². The molecule has 1 saturated carbocycles. The van der Waals surface area contributed by atoms with E-state index in [-0.39, 0.29) is 12.5 Å². The first-order valence-corrected chi connectivity index (χ1v) is 6.36. The fourth-order valence-corrected chi connectivity index (χ4v) is 2.36. The van der Waals surface area contributed by atoms with Crippen LogP contribution in [0.1, 0.15) is 39.0 Å². The summed E-state index contributed by atoms with van der Waals surface area (Å²) in [5.74, 6) is -0.811. The molecule has 0 unspecified atom stereocenters. The van der Waals surface area contributed by atoms with Crippen molar-refractivity contribution < 1.29 is 14.7 Å². The van der Waals surface area contributed by atoms with Crippen LogP contribution in [0.4, 0.5) is 0 Å². The summed E-state index contributed by atoms with van der Waals surface area (Å²) in [5, 5.41) is 11.6. The van der Waals surface area contributed by atoms with Crippen LogP contribution in [0.5, 0.6) is 0 Å². The quantitative estimate of drug-likeness (QED) is 0.694. The Balaban J connectivity index is 2.39. The molecule has 1 aliphatic carbocycles. The summed E-state index contributed by atoms with van der Waals surface area (Å²) in [6.45, 7) is 3.10. The van der Waals surface area contributed by atoms with Gasteiger partial charge in [-0.1, -0.05) is 12.8 Å². The van der Waals surface area contributed by atoms with Gasteiger partial charge >= 0.3 is 5.97 Å². The molecule has 1 amide bonds. The van der Waals surface area contributed by atoms with Crippen LogP contribution in [-0.4, -0.2) is 47.6 Å². The van der Waals surface area contributed by atoms with Gasteiger partial charge in [0.1, 0.15) is 0 Å². The maximum absolute atomic E-state index is 11.4. The molecule has 0 aromatic carbocycles. The van der Waals surface area contributed by atoms with Crippen LogP contribution in [-0.2, 0) is 9.59 Å². The number of hydrogen-bond acceptors (Lipinski definition) is 3. The first-order chi connectivity index (χ1) is 8.13. The molecule has 2 N–H and O–H groups in total. The molecule has 98 valence electrons. The van der Waals surface area contributed by atoms with E-state index in [1.807, 2.05) is 11.8 Å². The molecule has 17 heavy (non-hydrogen) atoms. The molecule has 0 heterocycles. The summed E-state index contributed by atoms with van der Waals surface area (Å²) in [6.07, 6.45) is 4.84. The lowest BCUT2D eigenvalue weighted by molar-refractivity contribution is -0.139. The van der Waals surface area contributed by atoms with Crippen LogP contribution in [0, 0.1) is 0 Å². The van der Waals surface area contributed by atoms with Crippen molar-refractivity contribution in [2.45, 2.75) is 45.1 Å². The predicted molar refractivity (Wildman–Crippen MR) is 64.8 cm³/mol. The van der Waals surface area contributed by atoms with Gasteiger partial charge in [0.2, 0.25) is 5.91 Å². The summed E-state index contributed by atoms with van der Waals surface area (Å²) >= 11 is 0. The average molecular weight is 242 g/mol. The van der Waals surface area contributed by atoms with Crippen LogP contribution in [0.15, 0.2) is 0 Å². The third kappa shape index (κ3) is 5.17. The molecule has 0 saturated heterocycles. The number of carbonyl (C=O) groups excluding carboxylic acids is 1. The molecule has 0 radical (unpaired) electrons. The third-order valence-corrected chi connectivity index (χ3v) is 3.18. The Morgan fingerprint density at radius 2 is 2.00 bits per heavy atom. The van der Waals surface area contributed by atoms with Crippen molar-refractivity contribution in [2.24, 2.45) is 0 Å². The van der Waals surface area contributed by atoms with E-state index in [4.69, 9.17) is 5.11 Å². The van der Waals surface area contributed by atoms with E-state index in [0.717, 1.165) is 12.8 Å². The zero-order chi connectivity index (χ0) is 12.7. The molecule has 5 nitrogen and oxygen atoms in total. The van der Waals surface area contributed by atoms with Gasteiger partial charge in [0, 0.05) is 25.6 Å². The van der Waals surface area contributed by atoms with Crippen molar-refractivity contribution in [3.63, 3.8) is 0 Å². The molecular formula is C12H22N2O3. The topological polar surface area (TPSA) is 69.6 Å². The number of nitrogens with one attached hydrogen (secondary N) is 1. The van der Waals surface area contributed by atoms with Gasteiger partial charge in [-0.3, -0.25) is 14.5 Å². The monoisotopic (exact) mass is 242 g/mol. The highest BCUT2D eigenvalue weighted by atomic mass is 16.4. The molecule has 0 aliphatic heterocycles. The van der Waals surface area contributed by atoms with Gasteiger partial charge in [-0.05, 0) is 19.8 Å². The van der Waals surface area contributed by atoms with Gasteiger partial charge in [-0.15, -0.1) is 0 Å². The Kier molecular flexibility index (Phi) is 5.97. The van der Waals surface area contributed by atoms with Crippen molar-refractivity contribution >= 4 is 11.9 Å². The second-order valence-electron chi connectivity index (χ2n) is 4.51. The molecule has 1 fully saturated rings. The normalized spacial score (nSPS) is 16.4. The fraction of sp³-hybridized carbons (Fsp3) is 0.833. The molecule has 0 bridgehead atoms. The molecule has 0 spiro atoms. The summed E-state index contributed by atoms with van der Waals surface area (Å²) in [5.41, 5.74) is 0. The number of carboxylic acid groups (broad SMARTS) is 1. The number of carbonyl (C=O) groups is 2. The van der Waals surface area contributed by atoms with Crippen molar-refractivity contribution in [1.29, 1.82) is 0 Å². The minimum absolute atomic E-state index is 0.000820. The summed E-state index contributed by atoms with van der Waals surface area (Å²) in [6, 6.07) is 0.348. The maximum Gasteiger partial charge on any atom is 0.317 e. The molecule has 0 aromatic heterocycles. The predicted octanol–water partition coefficient (Wildman–Crippen LogP) is 0.842. The van der Waals surface area contributed by atoms with Crippen molar-refractivity contribution in [3.05, 3.63) is 0 Å². The maximum atomic E-state index is 11.4. The SMILES string of the molecule is CCNC(=O)CCN(CC(=O)O)C1CCCC1. The number of amides is 1. The fourth-order valence-electron chi connectivity index (χ4n) is 2.36. The summed E-state index contributed by atoms with van der Waals surface area (Å²) in [7, 11) is 0. The second-order valence-corrected chi connectivity index (χ2v) is 4.51. The third-order valence-electron chi connectivity index (χ3n) is 3.18. The van der Waals surface area contributed by atoms with Gasteiger partial charge < -0.3 is 10.4 Å². The zero-order valence-corrected chi connectivity index (χ0v) is 10.4. The highest BCUT2D eigenvalue weighted by Crippen LogP contribution is 2.23. The zero-order valence-electron chi connectivity index (χ0n) is 10.4. The van der Waals surface area contributed by atoms with E-state index in [2.05, 4.69) is 5.32 Å². The molecule has 5 heteroatoms. The Labute approximate surface area is 102 Å². The van der Waals surface area contributed by atoms with Gasteiger partial charge in [0.25, 0.3) is 0 Å². The number of aliphatic carboxylic acids is 1. The van der Waals surface area contributed by atoms with Crippen LogP contribution in [0.2, 0.25) is 0 Å².